The Bertz CT molecular complexity index is 450. The van der Waals surface area contributed by atoms with E-state index in [1.165, 1.54) is 0 Å². The molecule has 1 saturated heterocycles. The molecule has 1 aliphatic rings. The molecule has 1 fully saturated rings. The smallest absolute Gasteiger partial charge is 0.272 e. The number of pyridine rings is 1. The summed E-state index contributed by atoms with van der Waals surface area (Å²) in [6.45, 7) is 4.68. The quantitative estimate of drug-likeness (QED) is 0.902. The minimum absolute atomic E-state index is 0.0502. The van der Waals surface area contributed by atoms with Gasteiger partial charge in [0.25, 0.3) is 5.91 Å². The van der Waals surface area contributed by atoms with Crippen molar-refractivity contribution in [1.82, 2.24) is 14.8 Å². The Balaban J connectivity index is 1.91. The Kier molecular flexibility index (Phi) is 5.56. The van der Waals surface area contributed by atoms with E-state index in [0.29, 0.717) is 11.7 Å². The van der Waals surface area contributed by atoms with E-state index in [2.05, 4.69) is 36.2 Å². The Labute approximate surface area is 127 Å². The largest absolute Gasteiger partial charge is 0.384 e. The monoisotopic (exact) mass is 290 g/mol. The lowest BCUT2D eigenvalue weighted by molar-refractivity contribution is 0.0657. The van der Waals surface area contributed by atoms with Gasteiger partial charge in [0, 0.05) is 25.7 Å². The fourth-order valence-electron chi connectivity index (χ4n) is 2.64. The van der Waals surface area contributed by atoms with E-state index >= 15 is 0 Å². The fraction of sp³-hybridized carbons (Fsp3) is 0.625. The Hall–Kier alpha value is -1.62. The molecule has 5 heteroatoms. The lowest BCUT2D eigenvalue weighted by atomic mass is 10.0. The van der Waals surface area contributed by atoms with Crippen molar-refractivity contribution in [2.24, 2.45) is 0 Å². The van der Waals surface area contributed by atoms with Gasteiger partial charge in [-0.2, -0.15) is 0 Å². The second kappa shape index (κ2) is 7.41. The third kappa shape index (κ3) is 4.17. The minimum atomic E-state index is 0.0502. The Morgan fingerprint density at radius 2 is 2.10 bits per heavy atom. The molecular weight excluding hydrogens is 264 g/mol. The highest BCUT2D eigenvalue weighted by atomic mass is 16.2. The van der Waals surface area contributed by atoms with Crippen molar-refractivity contribution in [2.45, 2.75) is 32.2 Å². The molecule has 1 amide bonds. The van der Waals surface area contributed by atoms with Gasteiger partial charge in [-0.05, 0) is 45.5 Å². The second-order valence-electron chi connectivity index (χ2n) is 5.85. The molecule has 0 aliphatic carbocycles. The van der Waals surface area contributed by atoms with Crippen LogP contribution in [0, 0.1) is 0 Å². The molecule has 1 aromatic rings. The van der Waals surface area contributed by atoms with Crippen LogP contribution in [0.2, 0.25) is 0 Å². The van der Waals surface area contributed by atoms with Crippen molar-refractivity contribution >= 4 is 11.6 Å². The van der Waals surface area contributed by atoms with Gasteiger partial charge in [0.15, 0.2) is 0 Å². The number of hydrogen-bond donors (Lipinski definition) is 1. The van der Waals surface area contributed by atoms with Gasteiger partial charge in [-0.1, -0.05) is 6.92 Å². The average molecular weight is 290 g/mol. The second-order valence-corrected chi connectivity index (χ2v) is 5.85. The number of likely N-dealkylation sites (tertiary alicyclic amines) is 1. The van der Waals surface area contributed by atoms with Crippen molar-refractivity contribution in [3.8, 4) is 0 Å². The van der Waals surface area contributed by atoms with Gasteiger partial charge in [0.05, 0.1) is 11.9 Å². The molecule has 0 spiro atoms. The summed E-state index contributed by atoms with van der Waals surface area (Å²) in [5, 5.41) is 3.27. The number of rotatable bonds is 5. The number of amides is 1. The number of nitrogens with one attached hydrogen (secondary N) is 1. The summed E-state index contributed by atoms with van der Waals surface area (Å²) < 4.78 is 0. The molecule has 2 rings (SSSR count). The summed E-state index contributed by atoms with van der Waals surface area (Å²) in [5.41, 5.74) is 1.51. The van der Waals surface area contributed by atoms with Gasteiger partial charge in [-0.3, -0.25) is 4.79 Å². The molecule has 116 valence electrons. The van der Waals surface area contributed by atoms with Crippen molar-refractivity contribution in [3.05, 3.63) is 24.0 Å². The van der Waals surface area contributed by atoms with Gasteiger partial charge in [0.2, 0.25) is 0 Å². The van der Waals surface area contributed by atoms with E-state index in [1.54, 1.807) is 6.20 Å². The molecule has 1 N–H and O–H groups in total. The standard InChI is InChI=1S/C16H26N4O/c1-4-9-17-13-5-6-15(18-12-13)16(21)20-10-7-14(8-11-20)19(2)3/h5-6,12,14,17H,4,7-11H2,1-3H3. The van der Waals surface area contributed by atoms with Crippen LogP contribution >= 0.6 is 0 Å². The zero-order valence-corrected chi connectivity index (χ0v) is 13.3. The topological polar surface area (TPSA) is 48.5 Å². The number of nitrogens with zero attached hydrogens (tertiary/aromatic N) is 3. The third-order valence-electron chi connectivity index (χ3n) is 4.04. The summed E-state index contributed by atoms with van der Waals surface area (Å²) >= 11 is 0. The summed E-state index contributed by atoms with van der Waals surface area (Å²) in [7, 11) is 4.21. The van der Waals surface area contributed by atoms with Crippen LogP contribution in [0.3, 0.4) is 0 Å². The number of carbonyl (C=O) groups excluding carboxylic acids is 1. The molecular formula is C16H26N4O. The van der Waals surface area contributed by atoms with E-state index < -0.39 is 0 Å². The summed E-state index contributed by atoms with van der Waals surface area (Å²) in [6, 6.07) is 4.34. The summed E-state index contributed by atoms with van der Waals surface area (Å²) in [6.07, 6.45) is 4.89. The lowest BCUT2D eigenvalue weighted by Gasteiger charge is -2.35. The highest BCUT2D eigenvalue weighted by Crippen LogP contribution is 2.16. The zero-order valence-electron chi connectivity index (χ0n) is 13.3. The maximum Gasteiger partial charge on any atom is 0.272 e. The number of anilines is 1. The first-order chi connectivity index (χ1) is 10.1. The minimum Gasteiger partial charge on any atom is -0.384 e. The van der Waals surface area contributed by atoms with Crippen molar-refractivity contribution in [3.63, 3.8) is 0 Å². The molecule has 21 heavy (non-hydrogen) atoms. The molecule has 5 nitrogen and oxygen atoms in total. The predicted octanol–water partition coefficient (Wildman–Crippen LogP) is 2.07. The Morgan fingerprint density at radius 3 is 2.62 bits per heavy atom. The maximum absolute atomic E-state index is 12.4. The van der Waals surface area contributed by atoms with Crippen LogP contribution in [-0.4, -0.2) is 60.5 Å². The first-order valence-corrected chi connectivity index (χ1v) is 7.77. The lowest BCUT2D eigenvalue weighted by Crippen LogP contribution is -2.44. The van der Waals surface area contributed by atoms with Crippen LogP contribution in [0.4, 0.5) is 5.69 Å². The molecule has 1 aliphatic heterocycles. The molecule has 0 atom stereocenters. The molecule has 0 bridgehead atoms. The highest BCUT2D eigenvalue weighted by molar-refractivity contribution is 5.92. The van der Waals surface area contributed by atoms with E-state index in [4.69, 9.17) is 0 Å². The number of carbonyl (C=O) groups is 1. The molecule has 0 aromatic carbocycles. The van der Waals surface area contributed by atoms with Crippen LogP contribution in [0.15, 0.2) is 18.3 Å². The van der Waals surface area contributed by atoms with Gasteiger partial charge in [0.1, 0.15) is 5.69 Å². The van der Waals surface area contributed by atoms with E-state index in [-0.39, 0.29) is 5.91 Å². The molecule has 2 heterocycles. The van der Waals surface area contributed by atoms with Gasteiger partial charge in [-0.25, -0.2) is 4.98 Å². The van der Waals surface area contributed by atoms with E-state index in [1.807, 2.05) is 17.0 Å². The van der Waals surface area contributed by atoms with Crippen LogP contribution in [-0.2, 0) is 0 Å². The maximum atomic E-state index is 12.4. The number of hydrogen-bond acceptors (Lipinski definition) is 4. The van der Waals surface area contributed by atoms with Crippen LogP contribution in [0.1, 0.15) is 36.7 Å². The molecule has 0 saturated carbocycles. The molecule has 0 radical (unpaired) electrons. The zero-order chi connectivity index (χ0) is 15.2. The first kappa shape index (κ1) is 15.8. The van der Waals surface area contributed by atoms with Crippen LogP contribution < -0.4 is 5.32 Å². The normalized spacial score (nSPS) is 16.3. The first-order valence-electron chi connectivity index (χ1n) is 7.77. The van der Waals surface area contributed by atoms with Gasteiger partial charge >= 0.3 is 0 Å². The molecule has 0 unspecified atom stereocenters. The summed E-state index contributed by atoms with van der Waals surface area (Å²) in [4.78, 5) is 20.9. The number of aromatic nitrogens is 1. The van der Waals surface area contributed by atoms with Gasteiger partial charge < -0.3 is 15.1 Å². The van der Waals surface area contributed by atoms with Crippen molar-refractivity contribution < 1.29 is 4.79 Å². The van der Waals surface area contributed by atoms with E-state index in [9.17, 15) is 4.79 Å². The third-order valence-corrected chi connectivity index (χ3v) is 4.04. The summed E-state index contributed by atoms with van der Waals surface area (Å²) in [5.74, 6) is 0.0502. The van der Waals surface area contributed by atoms with Crippen molar-refractivity contribution in [2.75, 3.05) is 39.0 Å². The predicted molar refractivity (Wildman–Crippen MR) is 85.6 cm³/mol. The highest BCUT2D eigenvalue weighted by Gasteiger charge is 2.25. The Morgan fingerprint density at radius 1 is 1.38 bits per heavy atom. The van der Waals surface area contributed by atoms with Crippen molar-refractivity contribution in [1.29, 1.82) is 0 Å². The average Bonchev–Trinajstić information content (AvgIpc) is 2.53. The van der Waals surface area contributed by atoms with Crippen LogP contribution in [0.25, 0.3) is 0 Å². The fourth-order valence-corrected chi connectivity index (χ4v) is 2.64. The van der Waals surface area contributed by atoms with Gasteiger partial charge in [-0.15, -0.1) is 0 Å². The van der Waals surface area contributed by atoms with Crippen LogP contribution in [0.5, 0.6) is 0 Å². The SMILES string of the molecule is CCCNc1ccc(C(=O)N2CCC(N(C)C)CC2)nc1. The molecule has 1 aromatic heterocycles. The number of piperidine rings is 1. The van der Waals surface area contributed by atoms with E-state index in [0.717, 1.165) is 44.6 Å².